The second-order valence-electron chi connectivity index (χ2n) is 5.60. The average molecular weight is 282 g/mol. The van der Waals surface area contributed by atoms with Crippen molar-refractivity contribution < 1.29 is 4.74 Å². The SMILES string of the molecule is COc1cccc(C2CC(c3ccccc3)N(C)N2C)c1. The fourth-order valence-electron chi connectivity index (χ4n) is 3.18. The topological polar surface area (TPSA) is 15.7 Å². The quantitative estimate of drug-likeness (QED) is 0.854. The molecule has 2 unspecified atom stereocenters. The van der Waals surface area contributed by atoms with Crippen LogP contribution in [0.3, 0.4) is 0 Å². The number of benzene rings is 2. The molecule has 0 N–H and O–H groups in total. The Bertz CT molecular complexity index is 599. The molecular formula is C18H22N2O. The van der Waals surface area contributed by atoms with Crippen molar-refractivity contribution in [1.82, 2.24) is 10.0 Å². The molecule has 0 bridgehead atoms. The van der Waals surface area contributed by atoms with Crippen LogP contribution in [0.15, 0.2) is 54.6 Å². The maximum Gasteiger partial charge on any atom is 0.119 e. The average Bonchev–Trinajstić information content (AvgIpc) is 2.84. The highest BCUT2D eigenvalue weighted by atomic mass is 16.5. The molecule has 1 aliphatic rings. The van der Waals surface area contributed by atoms with Gasteiger partial charge in [-0.1, -0.05) is 42.5 Å². The van der Waals surface area contributed by atoms with Crippen LogP contribution in [-0.2, 0) is 0 Å². The van der Waals surface area contributed by atoms with Crippen LogP contribution in [0.1, 0.15) is 29.6 Å². The summed E-state index contributed by atoms with van der Waals surface area (Å²) in [5.41, 5.74) is 2.68. The van der Waals surface area contributed by atoms with Crippen LogP contribution in [0.4, 0.5) is 0 Å². The number of nitrogens with zero attached hydrogens (tertiary/aromatic N) is 2. The first kappa shape index (κ1) is 14.1. The zero-order valence-electron chi connectivity index (χ0n) is 12.9. The summed E-state index contributed by atoms with van der Waals surface area (Å²) in [6, 6.07) is 19.9. The summed E-state index contributed by atoms with van der Waals surface area (Å²) in [6.45, 7) is 0. The molecule has 0 aliphatic carbocycles. The number of methoxy groups -OCH3 is 1. The van der Waals surface area contributed by atoms with E-state index in [0.29, 0.717) is 12.1 Å². The fourth-order valence-corrected chi connectivity index (χ4v) is 3.18. The minimum Gasteiger partial charge on any atom is -0.497 e. The lowest BCUT2D eigenvalue weighted by atomic mass is 9.97. The molecule has 21 heavy (non-hydrogen) atoms. The molecule has 1 saturated heterocycles. The summed E-state index contributed by atoms with van der Waals surface area (Å²) in [4.78, 5) is 0. The Labute approximate surface area is 126 Å². The Kier molecular flexibility index (Phi) is 3.95. The van der Waals surface area contributed by atoms with Gasteiger partial charge in [0.15, 0.2) is 0 Å². The molecule has 0 aromatic heterocycles. The molecule has 0 spiro atoms. The summed E-state index contributed by atoms with van der Waals surface area (Å²) in [7, 11) is 6.04. The Hall–Kier alpha value is -1.84. The third-order valence-corrected chi connectivity index (χ3v) is 4.51. The Balaban J connectivity index is 1.88. The molecule has 0 saturated carbocycles. The smallest absolute Gasteiger partial charge is 0.119 e. The van der Waals surface area contributed by atoms with E-state index in [2.05, 4.69) is 72.6 Å². The van der Waals surface area contributed by atoms with E-state index in [1.165, 1.54) is 11.1 Å². The minimum atomic E-state index is 0.385. The van der Waals surface area contributed by atoms with Gasteiger partial charge >= 0.3 is 0 Å². The van der Waals surface area contributed by atoms with Gasteiger partial charge in [-0.25, -0.2) is 10.0 Å². The van der Waals surface area contributed by atoms with Gasteiger partial charge in [0.25, 0.3) is 0 Å². The van der Waals surface area contributed by atoms with Crippen LogP contribution in [0, 0.1) is 0 Å². The van der Waals surface area contributed by atoms with Crippen molar-refractivity contribution >= 4 is 0 Å². The normalized spacial score (nSPS) is 23.4. The first-order chi connectivity index (χ1) is 10.2. The number of hydrogen-bond donors (Lipinski definition) is 0. The fraction of sp³-hybridized carbons (Fsp3) is 0.333. The maximum atomic E-state index is 5.36. The molecule has 0 radical (unpaired) electrons. The van der Waals surface area contributed by atoms with Crippen LogP contribution in [0.25, 0.3) is 0 Å². The van der Waals surface area contributed by atoms with E-state index in [1.54, 1.807) is 7.11 Å². The first-order valence-electron chi connectivity index (χ1n) is 7.35. The summed E-state index contributed by atoms with van der Waals surface area (Å²) in [5, 5.41) is 4.66. The van der Waals surface area contributed by atoms with Crippen molar-refractivity contribution in [1.29, 1.82) is 0 Å². The lowest BCUT2D eigenvalue weighted by Crippen LogP contribution is -2.32. The monoisotopic (exact) mass is 282 g/mol. The van der Waals surface area contributed by atoms with E-state index in [1.807, 2.05) is 6.07 Å². The van der Waals surface area contributed by atoms with Crippen LogP contribution < -0.4 is 4.74 Å². The molecule has 1 aliphatic heterocycles. The second-order valence-corrected chi connectivity index (χ2v) is 5.60. The Morgan fingerprint density at radius 2 is 1.48 bits per heavy atom. The van der Waals surface area contributed by atoms with Gasteiger partial charge in [0.05, 0.1) is 19.2 Å². The maximum absolute atomic E-state index is 5.36. The van der Waals surface area contributed by atoms with Gasteiger partial charge in [-0.2, -0.15) is 0 Å². The molecule has 110 valence electrons. The van der Waals surface area contributed by atoms with Crippen LogP contribution >= 0.6 is 0 Å². The molecule has 2 aromatic rings. The second kappa shape index (κ2) is 5.88. The van der Waals surface area contributed by atoms with Crippen LogP contribution in [-0.4, -0.2) is 31.2 Å². The molecule has 2 atom stereocenters. The Morgan fingerprint density at radius 1 is 0.857 bits per heavy atom. The predicted molar refractivity (Wildman–Crippen MR) is 85.1 cm³/mol. The van der Waals surface area contributed by atoms with Crippen LogP contribution in [0.2, 0.25) is 0 Å². The van der Waals surface area contributed by atoms with E-state index in [-0.39, 0.29) is 0 Å². The largest absolute Gasteiger partial charge is 0.497 e. The van der Waals surface area contributed by atoms with Crippen LogP contribution in [0.5, 0.6) is 5.75 Å². The van der Waals surface area contributed by atoms with Crippen molar-refractivity contribution in [2.75, 3.05) is 21.2 Å². The van der Waals surface area contributed by atoms with E-state index in [4.69, 9.17) is 4.74 Å². The highest BCUT2D eigenvalue weighted by Crippen LogP contribution is 2.42. The van der Waals surface area contributed by atoms with Gasteiger partial charge in [-0.3, -0.25) is 0 Å². The van der Waals surface area contributed by atoms with Crippen molar-refractivity contribution in [2.24, 2.45) is 0 Å². The summed E-state index contributed by atoms with van der Waals surface area (Å²) in [6.07, 6.45) is 1.09. The molecule has 1 heterocycles. The van der Waals surface area contributed by atoms with Gasteiger partial charge in [-0.05, 0) is 29.7 Å². The van der Waals surface area contributed by atoms with Crippen molar-refractivity contribution in [3.63, 3.8) is 0 Å². The molecular weight excluding hydrogens is 260 g/mol. The lowest BCUT2D eigenvalue weighted by Gasteiger charge is -2.28. The predicted octanol–water partition coefficient (Wildman–Crippen LogP) is 3.66. The molecule has 3 heteroatoms. The van der Waals surface area contributed by atoms with Crippen molar-refractivity contribution in [3.8, 4) is 5.75 Å². The van der Waals surface area contributed by atoms with Gasteiger partial charge in [0, 0.05) is 14.1 Å². The number of ether oxygens (including phenoxy) is 1. The van der Waals surface area contributed by atoms with E-state index in [9.17, 15) is 0 Å². The lowest BCUT2D eigenvalue weighted by molar-refractivity contribution is 0.0252. The summed E-state index contributed by atoms with van der Waals surface area (Å²) in [5.74, 6) is 0.923. The molecule has 0 amide bonds. The van der Waals surface area contributed by atoms with Gasteiger partial charge in [-0.15, -0.1) is 0 Å². The zero-order chi connectivity index (χ0) is 14.8. The van der Waals surface area contributed by atoms with Gasteiger partial charge < -0.3 is 4.74 Å². The van der Waals surface area contributed by atoms with Crippen molar-refractivity contribution in [3.05, 3.63) is 65.7 Å². The summed E-state index contributed by atoms with van der Waals surface area (Å²) < 4.78 is 5.36. The minimum absolute atomic E-state index is 0.385. The zero-order valence-corrected chi connectivity index (χ0v) is 12.9. The third kappa shape index (κ3) is 2.67. The van der Waals surface area contributed by atoms with E-state index >= 15 is 0 Å². The number of rotatable bonds is 3. The standard InChI is InChI=1S/C18H22N2O/c1-19-17(14-8-5-4-6-9-14)13-18(20(19)2)15-10-7-11-16(12-15)21-3/h4-12,17-18H,13H2,1-3H3. The molecule has 3 nitrogen and oxygen atoms in total. The number of hydrazine groups is 1. The molecule has 3 rings (SSSR count). The third-order valence-electron chi connectivity index (χ3n) is 4.51. The van der Waals surface area contributed by atoms with E-state index < -0.39 is 0 Å². The highest BCUT2D eigenvalue weighted by molar-refractivity contribution is 5.32. The molecule has 2 aromatic carbocycles. The van der Waals surface area contributed by atoms with Gasteiger partial charge in [0.1, 0.15) is 5.75 Å². The number of hydrogen-bond acceptors (Lipinski definition) is 3. The first-order valence-corrected chi connectivity index (χ1v) is 7.35. The molecule has 1 fully saturated rings. The highest BCUT2D eigenvalue weighted by Gasteiger charge is 2.36. The van der Waals surface area contributed by atoms with Crippen molar-refractivity contribution in [2.45, 2.75) is 18.5 Å². The summed E-state index contributed by atoms with van der Waals surface area (Å²) >= 11 is 0. The van der Waals surface area contributed by atoms with Gasteiger partial charge in [0.2, 0.25) is 0 Å². The van der Waals surface area contributed by atoms with E-state index in [0.717, 1.165) is 12.2 Å². The Morgan fingerprint density at radius 3 is 2.14 bits per heavy atom.